The molecule has 1 amide bonds. The van der Waals surface area contributed by atoms with E-state index in [1.165, 1.54) is 0 Å². The van der Waals surface area contributed by atoms with E-state index in [0.29, 0.717) is 13.2 Å². The maximum Gasteiger partial charge on any atom is 0.407 e. The Balaban J connectivity index is 1.96. The van der Waals surface area contributed by atoms with Crippen LogP contribution in [0.25, 0.3) is 0 Å². The van der Waals surface area contributed by atoms with E-state index < -0.39 is 11.7 Å². The topological polar surface area (TPSA) is 64.6 Å². The predicted molar refractivity (Wildman–Crippen MR) is 77.9 cm³/mol. The van der Waals surface area contributed by atoms with Gasteiger partial charge in [-0.1, -0.05) is 30.3 Å². The summed E-state index contributed by atoms with van der Waals surface area (Å²) >= 11 is 0. The van der Waals surface area contributed by atoms with Crippen molar-refractivity contribution in [1.82, 2.24) is 5.32 Å². The number of cyclic esters (lactones) is 1. The quantitative estimate of drug-likeness (QED) is 0.869. The zero-order valence-electron chi connectivity index (χ0n) is 12.6. The lowest BCUT2D eigenvalue weighted by molar-refractivity contribution is -0.139. The SMILES string of the molecule is CC(C)(C)OC(=O)NCC1COC(=O)C1c1ccccc1. The molecule has 2 unspecified atom stereocenters. The largest absolute Gasteiger partial charge is 0.465 e. The van der Waals surface area contributed by atoms with Crippen molar-refractivity contribution >= 4 is 12.1 Å². The first-order valence-corrected chi connectivity index (χ1v) is 7.05. The van der Waals surface area contributed by atoms with E-state index in [1.54, 1.807) is 0 Å². The first kappa shape index (κ1) is 15.4. The number of esters is 1. The average Bonchev–Trinajstić information content (AvgIpc) is 2.76. The molecule has 1 fully saturated rings. The fraction of sp³-hybridized carbons (Fsp3) is 0.500. The molecular weight excluding hydrogens is 270 g/mol. The molecule has 5 nitrogen and oxygen atoms in total. The summed E-state index contributed by atoms with van der Waals surface area (Å²) in [6, 6.07) is 9.48. The molecular formula is C16H21NO4. The Kier molecular flexibility index (Phi) is 4.50. The van der Waals surface area contributed by atoms with Gasteiger partial charge in [0.25, 0.3) is 0 Å². The molecule has 1 aromatic rings. The second kappa shape index (κ2) is 6.16. The highest BCUT2D eigenvalue weighted by Crippen LogP contribution is 2.31. The van der Waals surface area contributed by atoms with Crippen LogP contribution >= 0.6 is 0 Å². The third-order valence-electron chi connectivity index (χ3n) is 3.23. The molecule has 2 atom stereocenters. The molecule has 114 valence electrons. The van der Waals surface area contributed by atoms with Gasteiger partial charge in [-0.15, -0.1) is 0 Å². The number of carbonyl (C=O) groups excluding carboxylic acids is 2. The van der Waals surface area contributed by atoms with Gasteiger partial charge in [0.05, 0.1) is 12.5 Å². The third kappa shape index (κ3) is 4.21. The molecule has 1 aliphatic heterocycles. The van der Waals surface area contributed by atoms with Crippen LogP contribution in [0.15, 0.2) is 30.3 Å². The zero-order chi connectivity index (χ0) is 15.5. The van der Waals surface area contributed by atoms with E-state index in [-0.39, 0.29) is 17.8 Å². The lowest BCUT2D eigenvalue weighted by Gasteiger charge is -2.21. The molecule has 0 radical (unpaired) electrons. The molecule has 2 rings (SSSR count). The first-order valence-electron chi connectivity index (χ1n) is 7.05. The first-order chi connectivity index (χ1) is 9.87. The maximum atomic E-state index is 11.9. The number of hydrogen-bond acceptors (Lipinski definition) is 4. The van der Waals surface area contributed by atoms with Crippen LogP contribution in [0.5, 0.6) is 0 Å². The van der Waals surface area contributed by atoms with Gasteiger partial charge in [-0.2, -0.15) is 0 Å². The van der Waals surface area contributed by atoms with E-state index in [1.807, 2.05) is 51.1 Å². The summed E-state index contributed by atoms with van der Waals surface area (Å²) in [7, 11) is 0. The highest BCUT2D eigenvalue weighted by atomic mass is 16.6. The molecule has 0 aliphatic carbocycles. The number of carbonyl (C=O) groups is 2. The summed E-state index contributed by atoms with van der Waals surface area (Å²) in [4.78, 5) is 23.6. The van der Waals surface area contributed by atoms with Crippen molar-refractivity contribution in [2.45, 2.75) is 32.3 Å². The number of alkyl carbamates (subject to hydrolysis) is 1. The van der Waals surface area contributed by atoms with E-state index in [0.717, 1.165) is 5.56 Å². The van der Waals surface area contributed by atoms with Gasteiger partial charge in [-0.25, -0.2) is 4.79 Å². The Labute approximate surface area is 124 Å². The van der Waals surface area contributed by atoms with Gasteiger partial charge >= 0.3 is 12.1 Å². The highest BCUT2D eigenvalue weighted by Gasteiger charge is 2.38. The Morgan fingerprint density at radius 1 is 1.33 bits per heavy atom. The zero-order valence-corrected chi connectivity index (χ0v) is 12.6. The van der Waals surface area contributed by atoms with Gasteiger partial charge in [0, 0.05) is 12.5 Å². The second-order valence-electron chi connectivity index (χ2n) is 6.16. The highest BCUT2D eigenvalue weighted by molar-refractivity contribution is 5.80. The molecule has 0 spiro atoms. The van der Waals surface area contributed by atoms with Crippen LogP contribution in [0.3, 0.4) is 0 Å². The third-order valence-corrected chi connectivity index (χ3v) is 3.23. The fourth-order valence-corrected chi connectivity index (χ4v) is 2.34. The summed E-state index contributed by atoms with van der Waals surface area (Å²) in [5, 5.41) is 2.71. The van der Waals surface area contributed by atoms with Gasteiger partial charge in [-0.3, -0.25) is 4.79 Å². The lowest BCUT2D eigenvalue weighted by Crippen LogP contribution is -2.36. The van der Waals surface area contributed by atoms with Gasteiger partial charge in [0.1, 0.15) is 5.60 Å². The van der Waals surface area contributed by atoms with Crippen LogP contribution in [0.2, 0.25) is 0 Å². The molecule has 0 aromatic heterocycles. The lowest BCUT2D eigenvalue weighted by atomic mass is 9.88. The van der Waals surface area contributed by atoms with Gasteiger partial charge in [-0.05, 0) is 26.3 Å². The summed E-state index contributed by atoms with van der Waals surface area (Å²) in [5.41, 5.74) is 0.376. The molecule has 1 saturated heterocycles. The molecule has 1 aromatic carbocycles. The van der Waals surface area contributed by atoms with E-state index in [4.69, 9.17) is 9.47 Å². The average molecular weight is 291 g/mol. The number of nitrogens with one attached hydrogen (secondary N) is 1. The van der Waals surface area contributed by atoms with Crippen molar-refractivity contribution < 1.29 is 19.1 Å². The molecule has 1 aliphatic rings. The van der Waals surface area contributed by atoms with Crippen molar-refractivity contribution in [2.24, 2.45) is 5.92 Å². The predicted octanol–water partition coefficient (Wildman–Crippen LogP) is 2.47. The number of hydrogen-bond donors (Lipinski definition) is 1. The van der Waals surface area contributed by atoms with Crippen molar-refractivity contribution in [3.63, 3.8) is 0 Å². The molecule has 1 N–H and O–H groups in total. The van der Waals surface area contributed by atoms with Gasteiger partial charge < -0.3 is 14.8 Å². The summed E-state index contributed by atoms with van der Waals surface area (Å²) < 4.78 is 10.3. The van der Waals surface area contributed by atoms with Gasteiger partial charge in [0.2, 0.25) is 0 Å². The normalized spacial score (nSPS) is 21.8. The van der Waals surface area contributed by atoms with Crippen molar-refractivity contribution in [3.05, 3.63) is 35.9 Å². The number of rotatable bonds is 3. The Morgan fingerprint density at radius 2 is 2.00 bits per heavy atom. The van der Waals surface area contributed by atoms with Crippen LogP contribution in [0.4, 0.5) is 4.79 Å². The number of ether oxygens (including phenoxy) is 2. The van der Waals surface area contributed by atoms with Crippen LogP contribution in [0, 0.1) is 5.92 Å². The summed E-state index contributed by atoms with van der Waals surface area (Å²) in [6.45, 7) is 6.08. The summed E-state index contributed by atoms with van der Waals surface area (Å²) in [5.74, 6) is -0.647. The van der Waals surface area contributed by atoms with E-state index in [9.17, 15) is 9.59 Å². The Morgan fingerprint density at radius 3 is 2.62 bits per heavy atom. The number of amides is 1. The maximum absolute atomic E-state index is 11.9. The van der Waals surface area contributed by atoms with Gasteiger partial charge in [0.15, 0.2) is 0 Å². The molecule has 0 bridgehead atoms. The standard InChI is InChI=1S/C16H21NO4/c1-16(2,3)21-15(19)17-9-12-10-20-14(18)13(12)11-7-5-4-6-8-11/h4-8,12-13H,9-10H2,1-3H3,(H,17,19). The molecule has 5 heteroatoms. The second-order valence-corrected chi connectivity index (χ2v) is 6.16. The monoisotopic (exact) mass is 291 g/mol. The van der Waals surface area contributed by atoms with Crippen LogP contribution < -0.4 is 5.32 Å². The fourth-order valence-electron chi connectivity index (χ4n) is 2.34. The Hall–Kier alpha value is -2.04. The minimum atomic E-state index is -0.537. The van der Waals surface area contributed by atoms with Crippen LogP contribution in [-0.2, 0) is 14.3 Å². The van der Waals surface area contributed by atoms with E-state index in [2.05, 4.69) is 5.32 Å². The van der Waals surface area contributed by atoms with Crippen LogP contribution in [-0.4, -0.2) is 30.8 Å². The van der Waals surface area contributed by atoms with Crippen molar-refractivity contribution in [1.29, 1.82) is 0 Å². The van der Waals surface area contributed by atoms with Crippen molar-refractivity contribution in [2.75, 3.05) is 13.2 Å². The molecule has 1 heterocycles. The van der Waals surface area contributed by atoms with Crippen molar-refractivity contribution in [3.8, 4) is 0 Å². The minimum Gasteiger partial charge on any atom is -0.465 e. The van der Waals surface area contributed by atoms with E-state index >= 15 is 0 Å². The number of benzene rings is 1. The smallest absolute Gasteiger partial charge is 0.407 e. The molecule has 21 heavy (non-hydrogen) atoms. The Bertz CT molecular complexity index is 507. The minimum absolute atomic E-state index is 0.0765. The molecule has 0 saturated carbocycles. The summed E-state index contributed by atoms with van der Waals surface area (Å²) in [6.07, 6.45) is -0.478. The van der Waals surface area contributed by atoms with Crippen LogP contribution in [0.1, 0.15) is 32.3 Å².